The van der Waals surface area contributed by atoms with Crippen LogP contribution in [-0.2, 0) is 20.9 Å². The molecule has 1 aromatic rings. The fraction of sp³-hybridized carbons (Fsp3) is 0.250. The molecule has 0 aliphatic rings. The zero-order valence-corrected chi connectivity index (χ0v) is 8.68. The first kappa shape index (κ1) is 11.3. The van der Waals surface area contributed by atoms with Gasteiger partial charge in [-0.2, -0.15) is 0 Å². The van der Waals surface area contributed by atoms with Gasteiger partial charge in [-0.3, -0.25) is 4.79 Å². The van der Waals surface area contributed by atoms with Crippen molar-refractivity contribution in [3.05, 3.63) is 47.9 Å². The maximum Gasteiger partial charge on any atom is 0.193 e. The third kappa shape index (κ3) is 4.31. The lowest BCUT2D eigenvalue weighted by molar-refractivity contribution is -0.108. The van der Waals surface area contributed by atoms with Gasteiger partial charge in [-0.15, -0.1) is 0 Å². The molecule has 80 valence electrons. The minimum absolute atomic E-state index is 0.209. The summed E-state index contributed by atoms with van der Waals surface area (Å²) < 4.78 is 10.2. The van der Waals surface area contributed by atoms with Gasteiger partial charge in [0.25, 0.3) is 0 Å². The number of benzene rings is 1. The van der Waals surface area contributed by atoms with E-state index in [1.54, 1.807) is 0 Å². The fourth-order valence-corrected chi connectivity index (χ4v) is 1.00. The third-order valence-corrected chi connectivity index (χ3v) is 1.73. The van der Waals surface area contributed by atoms with Crippen molar-refractivity contribution in [1.29, 1.82) is 0 Å². The summed E-state index contributed by atoms with van der Waals surface area (Å²) in [4.78, 5) is 10.6. The molecule has 0 aliphatic carbocycles. The maximum absolute atomic E-state index is 10.6. The summed E-state index contributed by atoms with van der Waals surface area (Å²) in [7, 11) is 0. The Bertz CT molecular complexity index is 317. The van der Waals surface area contributed by atoms with E-state index >= 15 is 0 Å². The lowest BCUT2D eigenvalue weighted by Crippen LogP contribution is -1.96. The van der Waals surface area contributed by atoms with Crippen LogP contribution in [-0.4, -0.2) is 12.9 Å². The van der Waals surface area contributed by atoms with Crippen LogP contribution in [0.15, 0.2) is 42.4 Å². The van der Waals surface area contributed by atoms with Crippen molar-refractivity contribution in [1.82, 2.24) is 0 Å². The van der Waals surface area contributed by atoms with E-state index in [0.29, 0.717) is 19.5 Å². The van der Waals surface area contributed by atoms with Crippen LogP contribution >= 0.6 is 0 Å². The second-order valence-corrected chi connectivity index (χ2v) is 2.87. The number of carbonyl (C=O) groups excluding carboxylic acids is 1. The molecule has 0 aliphatic heterocycles. The maximum atomic E-state index is 10.6. The number of rotatable bonds is 6. The van der Waals surface area contributed by atoms with Gasteiger partial charge < -0.3 is 9.47 Å². The quantitative estimate of drug-likeness (QED) is 0.407. The van der Waals surface area contributed by atoms with E-state index in [4.69, 9.17) is 9.47 Å². The molecule has 0 bridgehead atoms. The van der Waals surface area contributed by atoms with Crippen molar-refractivity contribution in [3.8, 4) is 0 Å². The van der Waals surface area contributed by atoms with E-state index in [9.17, 15) is 4.79 Å². The average molecular weight is 206 g/mol. The Balaban J connectivity index is 2.44. The molecule has 3 heteroatoms. The van der Waals surface area contributed by atoms with Crippen LogP contribution in [0.3, 0.4) is 0 Å². The first-order valence-corrected chi connectivity index (χ1v) is 4.80. The molecule has 0 radical (unpaired) electrons. The molecule has 0 amide bonds. The Morgan fingerprint density at radius 3 is 2.67 bits per heavy atom. The number of ether oxygens (including phenoxy) is 2. The summed E-state index contributed by atoms with van der Waals surface area (Å²) in [5, 5.41) is 0. The second kappa shape index (κ2) is 6.65. The molecule has 0 saturated carbocycles. The van der Waals surface area contributed by atoms with Gasteiger partial charge in [0, 0.05) is 0 Å². The predicted octanol–water partition coefficient (Wildman–Crippen LogP) is 2.28. The Morgan fingerprint density at radius 2 is 2.07 bits per heavy atom. The minimum Gasteiger partial charge on any atom is -0.497 e. The highest BCUT2D eigenvalue weighted by molar-refractivity contribution is 5.69. The van der Waals surface area contributed by atoms with Gasteiger partial charge in [0.05, 0.1) is 6.61 Å². The molecule has 1 aromatic carbocycles. The molecule has 0 aromatic heterocycles. The Kier molecular flexibility index (Phi) is 5.01. The Morgan fingerprint density at radius 1 is 1.33 bits per heavy atom. The molecule has 0 saturated heterocycles. The van der Waals surface area contributed by atoms with Gasteiger partial charge in [0.1, 0.15) is 12.9 Å². The predicted molar refractivity (Wildman–Crippen MR) is 57.0 cm³/mol. The summed E-state index contributed by atoms with van der Waals surface area (Å²) in [5.41, 5.74) is 1.02. The molecular weight excluding hydrogens is 192 g/mol. The topological polar surface area (TPSA) is 35.5 Å². The third-order valence-electron chi connectivity index (χ3n) is 1.73. The average Bonchev–Trinajstić information content (AvgIpc) is 2.31. The number of carbonyl (C=O) groups is 1. The van der Waals surface area contributed by atoms with Gasteiger partial charge in [-0.1, -0.05) is 30.3 Å². The largest absolute Gasteiger partial charge is 0.497 e. The van der Waals surface area contributed by atoms with Crippen molar-refractivity contribution in [2.24, 2.45) is 0 Å². The van der Waals surface area contributed by atoms with Crippen LogP contribution in [0.25, 0.3) is 0 Å². The number of hydrogen-bond donors (Lipinski definition) is 0. The minimum atomic E-state index is 0.209. The van der Waals surface area contributed by atoms with Gasteiger partial charge in [0.15, 0.2) is 12.0 Å². The van der Waals surface area contributed by atoms with Gasteiger partial charge in [0.2, 0.25) is 0 Å². The van der Waals surface area contributed by atoms with Crippen LogP contribution < -0.4 is 0 Å². The molecule has 3 nitrogen and oxygen atoms in total. The van der Waals surface area contributed by atoms with E-state index in [-0.39, 0.29) is 5.76 Å². The van der Waals surface area contributed by atoms with Crippen molar-refractivity contribution in [2.45, 2.75) is 13.5 Å². The van der Waals surface area contributed by atoms with E-state index in [1.165, 1.54) is 6.26 Å². The fourth-order valence-electron chi connectivity index (χ4n) is 1.00. The highest BCUT2D eigenvalue weighted by Gasteiger charge is 1.97. The molecule has 0 spiro atoms. The SMILES string of the molecule is CCO/C=C(\C=O)OCc1ccccc1. The molecule has 0 atom stereocenters. The van der Waals surface area contributed by atoms with Crippen molar-refractivity contribution in [2.75, 3.05) is 6.61 Å². The summed E-state index contributed by atoms with van der Waals surface area (Å²) in [6.45, 7) is 2.74. The van der Waals surface area contributed by atoms with Gasteiger partial charge in [-0.05, 0) is 12.5 Å². The van der Waals surface area contributed by atoms with Crippen LogP contribution in [0, 0.1) is 0 Å². The lowest BCUT2D eigenvalue weighted by Gasteiger charge is -2.05. The molecule has 0 heterocycles. The van der Waals surface area contributed by atoms with Crippen molar-refractivity contribution in [3.63, 3.8) is 0 Å². The highest BCUT2D eigenvalue weighted by Crippen LogP contribution is 2.04. The zero-order chi connectivity index (χ0) is 10.9. The van der Waals surface area contributed by atoms with Gasteiger partial charge in [-0.25, -0.2) is 0 Å². The monoisotopic (exact) mass is 206 g/mol. The second-order valence-electron chi connectivity index (χ2n) is 2.87. The molecule has 0 unspecified atom stereocenters. The van der Waals surface area contributed by atoms with Crippen molar-refractivity contribution >= 4 is 6.29 Å². The first-order chi connectivity index (χ1) is 7.36. The molecule has 0 N–H and O–H groups in total. The van der Waals surface area contributed by atoms with E-state index in [1.807, 2.05) is 37.3 Å². The summed E-state index contributed by atoms with van der Waals surface area (Å²) in [5.74, 6) is 0.209. The molecule has 15 heavy (non-hydrogen) atoms. The van der Waals surface area contributed by atoms with Crippen LogP contribution in [0.5, 0.6) is 0 Å². The van der Waals surface area contributed by atoms with E-state index in [2.05, 4.69) is 0 Å². The molecular formula is C12H14O3. The smallest absolute Gasteiger partial charge is 0.193 e. The number of hydrogen-bond acceptors (Lipinski definition) is 3. The normalized spacial score (nSPS) is 10.9. The van der Waals surface area contributed by atoms with E-state index in [0.717, 1.165) is 5.56 Å². The van der Waals surface area contributed by atoms with Crippen LogP contribution in [0.1, 0.15) is 12.5 Å². The zero-order valence-electron chi connectivity index (χ0n) is 8.68. The standard InChI is InChI=1S/C12H14O3/c1-2-14-10-12(8-13)15-9-11-6-4-3-5-7-11/h3-8,10H,2,9H2,1H3/b12-10+. The van der Waals surface area contributed by atoms with Crippen LogP contribution in [0.4, 0.5) is 0 Å². The Hall–Kier alpha value is -1.77. The summed E-state index contributed by atoms with van der Waals surface area (Å²) >= 11 is 0. The van der Waals surface area contributed by atoms with Crippen LogP contribution in [0.2, 0.25) is 0 Å². The first-order valence-electron chi connectivity index (χ1n) is 4.80. The molecule has 1 rings (SSSR count). The van der Waals surface area contributed by atoms with Gasteiger partial charge >= 0.3 is 0 Å². The van der Waals surface area contributed by atoms with E-state index < -0.39 is 0 Å². The van der Waals surface area contributed by atoms with Crippen molar-refractivity contribution < 1.29 is 14.3 Å². The lowest BCUT2D eigenvalue weighted by atomic mass is 10.2. The Labute approximate surface area is 89.3 Å². The molecule has 0 fully saturated rings. The summed E-state index contributed by atoms with van der Waals surface area (Å²) in [6.07, 6.45) is 1.97. The number of aldehydes is 1. The number of allylic oxidation sites excluding steroid dienone is 1. The summed E-state index contributed by atoms with van der Waals surface area (Å²) in [6, 6.07) is 9.64. The highest BCUT2D eigenvalue weighted by atomic mass is 16.5.